The van der Waals surface area contributed by atoms with E-state index in [1.807, 2.05) is 0 Å². The highest BCUT2D eigenvalue weighted by atomic mass is 35.5. The van der Waals surface area contributed by atoms with Crippen molar-refractivity contribution in [2.24, 2.45) is 0 Å². The van der Waals surface area contributed by atoms with Gasteiger partial charge in [-0.3, -0.25) is 0 Å². The van der Waals surface area contributed by atoms with Crippen molar-refractivity contribution in [2.45, 2.75) is 5.38 Å². The molecule has 2 aromatic rings. The normalized spacial score (nSPS) is 12.5. The van der Waals surface area contributed by atoms with E-state index in [2.05, 4.69) is 0 Å². The second-order valence-electron chi connectivity index (χ2n) is 3.79. The van der Waals surface area contributed by atoms with Gasteiger partial charge in [0, 0.05) is 15.6 Å². The molecular weight excluding hydrogens is 319 g/mol. The van der Waals surface area contributed by atoms with Gasteiger partial charge in [0.25, 0.3) is 0 Å². The molecule has 0 aromatic heterocycles. The molecule has 100 valence electrons. The van der Waals surface area contributed by atoms with Gasteiger partial charge in [-0.05, 0) is 23.8 Å². The van der Waals surface area contributed by atoms with Crippen molar-refractivity contribution in [1.82, 2.24) is 0 Å². The second kappa shape index (κ2) is 5.61. The van der Waals surface area contributed by atoms with Crippen LogP contribution >= 0.6 is 34.8 Å². The highest BCUT2D eigenvalue weighted by Gasteiger charge is 2.22. The Morgan fingerprint density at radius 2 is 1.47 bits per heavy atom. The van der Waals surface area contributed by atoms with Crippen LogP contribution in [0.3, 0.4) is 0 Å². The van der Waals surface area contributed by atoms with E-state index in [-0.39, 0.29) is 10.6 Å². The van der Waals surface area contributed by atoms with Crippen LogP contribution in [0, 0.1) is 17.5 Å². The quantitative estimate of drug-likeness (QED) is 0.488. The molecule has 0 aliphatic rings. The first-order valence-corrected chi connectivity index (χ1v) is 6.33. The third kappa shape index (κ3) is 2.83. The van der Waals surface area contributed by atoms with Crippen molar-refractivity contribution < 1.29 is 13.2 Å². The van der Waals surface area contributed by atoms with Gasteiger partial charge in [-0.1, -0.05) is 35.3 Å². The van der Waals surface area contributed by atoms with Crippen molar-refractivity contribution in [3.05, 3.63) is 69.0 Å². The van der Waals surface area contributed by atoms with Crippen LogP contribution in [-0.2, 0) is 0 Å². The van der Waals surface area contributed by atoms with E-state index >= 15 is 0 Å². The molecule has 0 spiro atoms. The molecule has 0 heterocycles. The third-order valence-corrected chi connectivity index (χ3v) is 3.61. The number of hydrogen-bond acceptors (Lipinski definition) is 0. The molecule has 6 heteroatoms. The van der Waals surface area contributed by atoms with Crippen molar-refractivity contribution in [3.63, 3.8) is 0 Å². The maximum absolute atomic E-state index is 13.6. The Hall–Kier alpha value is -0.900. The summed E-state index contributed by atoms with van der Waals surface area (Å²) in [5.74, 6) is -4.16. The zero-order chi connectivity index (χ0) is 14.2. The van der Waals surface area contributed by atoms with Crippen LogP contribution in [0.25, 0.3) is 0 Å². The van der Waals surface area contributed by atoms with Crippen molar-refractivity contribution in [3.8, 4) is 0 Å². The first-order valence-electron chi connectivity index (χ1n) is 5.14. The predicted molar refractivity (Wildman–Crippen MR) is 70.5 cm³/mol. The van der Waals surface area contributed by atoms with Gasteiger partial charge in [-0.15, -0.1) is 11.6 Å². The zero-order valence-electron chi connectivity index (χ0n) is 9.23. The Balaban J connectivity index is 2.50. The lowest BCUT2D eigenvalue weighted by atomic mass is 10.0. The summed E-state index contributed by atoms with van der Waals surface area (Å²) in [6, 6.07) is 6.36. The maximum Gasteiger partial charge on any atom is 0.194 e. The summed E-state index contributed by atoms with van der Waals surface area (Å²) in [4.78, 5) is 0. The summed E-state index contributed by atoms with van der Waals surface area (Å²) in [6.45, 7) is 0. The van der Waals surface area contributed by atoms with Crippen LogP contribution in [0.15, 0.2) is 30.3 Å². The van der Waals surface area contributed by atoms with Crippen LogP contribution in [0.1, 0.15) is 16.5 Å². The molecule has 0 bridgehead atoms. The van der Waals surface area contributed by atoms with Gasteiger partial charge in [0.1, 0.15) is 0 Å². The molecule has 0 nitrogen and oxygen atoms in total. The zero-order valence-corrected chi connectivity index (χ0v) is 11.5. The van der Waals surface area contributed by atoms with Gasteiger partial charge in [-0.25, -0.2) is 13.2 Å². The molecule has 0 radical (unpaired) electrons. The van der Waals surface area contributed by atoms with Gasteiger partial charge in [-0.2, -0.15) is 0 Å². The average Bonchev–Trinajstić information content (AvgIpc) is 2.35. The Morgan fingerprint density at radius 1 is 0.842 bits per heavy atom. The van der Waals surface area contributed by atoms with Gasteiger partial charge in [0.05, 0.1) is 5.38 Å². The van der Waals surface area contributed by atoms with E-state index in [1.165, 1.54) is 18.2 Å². The summed E-state index contributed by atoms with van der Waals surface area (Å²) in [7, 11) is 0. The van der Waals surface area contributed by atoms with E-state index < -0.39 is 22.8 Å². The molecule has 1 unspecified atom stereocenters. The smallest absolute Gasteiger partial charge is 0.194 e. The minimum Gasteiger partial charge on any atom is -0.204 e. The predicted octanol–water partition coefficient (Wildman–Crippen LogP) is 5.74. The Morgan fingerprint density at radius 3 is 2.11 bits per heavy atom. The summed E-state index contributed by atoms with van der Waals surface area (Å²) in [5, 5.41) is -0.431. The first kappa shape index (κ1) is 14.5. The van der Waals surface area contributed by atoms with Crippen LogP contribution in [0.4, 0.5) is 13.2 Å². The minimum absolute atomic E-state index is 0.190. The van der Waals surface area contributed by atoms with Crippen LogP contribution < -0.4 is 0 Å². The Labute approximate surface area is 122 Å². The molecule has 1 atom stereocenters. The van der Waals surface area contributed by atoms with Crippen molar-refractivity contribution >= 4 is 34.8 Å². The minimum atomic E-state index is -1.56. The fourth-order valence-corrected chi connectivity index (χ4v) is 2.54. The van der Waals surface area contributed by atoms with E-state index in [4.69, 9.17) is 34.8 Å². The number of halogens is 6. The van der Waals surface area contributed by atoms with Crippen LogP contribution in [0.5, 0.6) is 0 Å². The van der Waals surface area contributed by atoms with E-state index in [9.17, 15) is 13.2 Å². The summed E-state index contributed by atoms with van der Waals surface area (Å²) in [5.41, 5.74) is 0.169. The van der Waals surface area contributed by atoms with Gasteiger partial charge in [0.2, 0.25) is 0 Å². The SMILES string of the molecule is Fc1ccc(C(Cl)c2ccc(Cl)cc2Cl)c(F)c1F. The molecule has 0 aliphatic carbocycles. The molecule has 0 aliphatic heterocycles. The largest absolute Gasteiger partial charge is 0.204 e. The highest BCUT2D eigenvalue weighted by molar-refractivity contribution is 6.36. The molecule has 0 N–H and O–H groups in total. The molecule has 0 amide bonds. The van der Waals surface area contributed by atoms with E-state index in [0.717, 1.165) is 12.1 Å². The Kier molecular flexibility index (Phi) is 4.29. The fourth-order valence-electron chi connectivity index (χ4n) is 1.61. The lowest BCUT2D eigenvalue weighted by Gasteiger charge is -2.13. The first-order chi connectivity index (χ1) is 8.91. The van der Waals surface area contributed by atoms with E-state index in [0.29, 0.717) is 10.6 Å². The van der Waals surface area contributed by atoms with Crippen LogP contribution in [0.2, 0.25) is 10.0 Å². The topological polar surface area (TPSA) is 0 Å². The summed E-state index contributed by atoms with van der Waals surface area (Å²) >= 11 is 17.7. The van der Waals surface area contributed by atoms with Crippen molar-refractivity contribution in [1.29, 1.82) is 0 Å². The standard InChI is InChI=1S/C13H6Cl3F3/c14-6-1-2-7(9(15)5-6)11(16)8-3-4-10(17)13(19)12(8)18/h1-5,11H. The lowest BCUT2D eigenvalue weighted by Crippen LogP contribution is -2.02. The van der Waals surface area contributed by atoms with Gasteiger partial charge < -0.3 is 0 Å². The highest BCUT2D eigenvalue weighted by Crippen LogP contribution is 2.36. The van der Waals surface area contributed by atoms with Crippen LogP contribution in [-0.4, -0.2) is 0 Å². The number of benzene rings is 2. The third-order valence-electron chi connectivity index (χ3n) is 2.57. The summed E-state index contributed by atoms with van der Waals surface area (Å²) < 4.78 is 39.7. The lowest BCUT2D eigenvalue weighted by molar-refractivity contribution is 0.441. The molecule has 19 heavy (non-hydrogen) atoms. The van der Waals surface area contributed by atoms with Gasteiger partial charge >= 0.3 is 0 Å². The van der Waals surface area contributed by atoms with Gasteiger partial charge in [0.15, 0.2) is 17.5 Å². The van der Waals surface area contributed by atoms with Crippen molar-refractivity contribution in [2.75, 3.05) is 0 Å². The summed E-state index contributed by atoms with van der Waals surface area (Å²) in [6.07, 6.45) is 0. The molecule has 2 rings (SSSR count). The molecular formula is C13H6Cl3F3. The fraction of sp³-hybridized carbons (Fsp3) is 0.0769. The maximum atomic E-state index is 13.6. The number of rotatable bonds is 2. The Bertz CT molecular complexity index is 629. The second-order valence-corrected chi connectivity index (χ2v) is 5.07. The molecule has 0 saturated heterocycles. The molecule has 2 aromatic carbocycles. The molecule has 0 fully saturated rings. The average molecular weight is 326 g/mol. The number of alkyl halides is 1. The van der Waals surface area contributed by atoms with E-state index in [1.54, 1.807) is 0 Å². The number of hydrogen-bond donors (Lipinski definition) is 0. The monoisotopic (exact) mass is 324 g/mol. The molecule has 0 saturated carbocycles.